The van der Waals surface area contributed by atoms with E-state index in [1.165, 1.54) is 11.1 Å². The summed E-state index contributed by atoms with van der Waals surface area (Å²) in [5.41, 5.74) is 5.23. The minimum atomic E-state index is 0.0150. The molecule has 1 aromatic carbocycles. The predicted octanol–water partition coefficient (Wildman–Crippen LogP) is 3.73. The van der Waals surface area contributed by atoms with E-state index in [2.05, 4.69) is 54.5 Å². The standard InChI is InChI=1S/C23H26N4O/c1-17-6-3-7-18(14-17)15-20-9-4-10-21(24-20)19-8-5-12-27(16-19)23(28)22-11-13-26(2)25-22/h3-4,6-7,9-11,13-14,19H,5,8,12,15-16H2,1-2H3/t19-/m0/s1. The second kappa shape index (κ2) is 7.97. The maximum absolute atomic E-state index is 12.8. The number of likely N-dealkylation sites (tertiary alicyclic amines) is 1. The SMILES string of the molecule is Cc1cccc(Cc2cccc([C@H]3CCCN(C(=O)c4ccn(C)n4)C3)n2)c1. The Hall–Kier alpha value is -2.95. The Labute approximate surface area is 166 Å². The van der Waals surface area contributed by atoms with Crippen LogP contribution in [0, 0.1) is 6.92 Å². The molecule has 28 heavy (non-hydrogen) atoms. The molecule has 0 bridgehead atoms. The third-order valence-electron chi connectivity index (χ3n) is 5.36. The molecule has 1 aliphatic rings. The van der Waals surface area contributed by atoms with Crippen LogP contribution in [0.25, 0.3) is 0 Å². The smallest absolute Gasteiger partial charge is 0.274 e. The maximum atomic E-state index is 12.8. The summed E-state index contributed by atoms with van der Waals surface area (Å²) in [6.45, 7) is 3.60. The zero-order valence-corrected chi connectivity index (χ0v) is 16.5. The summed E-state index contributed by atoms with van der Waals surface area (Å²) in [6, 6.07) is 16.6. The van der Waals surface area contributed by atoms with Crippen molar-refractivity contribution in [3.05, 3.63) is 82.9 Å². The van der Waals surface area contributed by atoms with Crippen LogP contribution in [0.15, 0.2) is 54.7 Å². The summed E-state index contributed by atoms with van der Waals surface area (Å²) in [5.74, 6) is 0.292. The van der Waals surface area contributed by atoms with Gasteiger partial charge in [0.1, 0.15) is 5.69 Å². The average Bonchev–Trinajstić information content (AvgIpc) is 3.14. The van der Waals surface area contributed by atoms with Crippen molar-refractivity contribution in [2.24, 2.45) is 7.05 Å². The van der Waals surface area contributed by atoms with Crippen LogP contribution in [-0.2, 0) is 13.5 Å². The van der Waals surface area contributed by atoms with E-state index in [0.717, 1.165) is 37.2 Å². The molecule has 0 spiro atoms. The monoisotopic (exact) mass is 374 g/mol. The number of benzene rings is 1. The predicted molar refractivity (Wildman–Crippen MR) is 109 cm³/mol. The molecular formula is C23H26N4O. The quantitative estimate of drug-likeness (QED) is 0.699. The lowest BCUT2D eigenvalue weighted by atomic mass is 9.93. The van der Waals surface area contributed by atoms with Gasteiger partial charge in [0.15, 0.2) is 0 Å². The number of amides is 1. The van der Waals surface area contributed by atoms with Crippen LogP contribution in [0.5, 0.6) is 0 Å². The molecule has 1 saturated heterocycles. The van der Waals surface area contributed by atoms with Crippen molar-refractivity contribution in [2.45, 2.75) is 32.1 Å². The minimum absolute atomic E-state index is 0.0150. The number of piperidine rings is 1. The van der Waals surface area contributed by atoms with Gasteiger partial charge >= 0.3 is 0 Å². The number of hydrogen-bond acceptors (Lipinski definition) is 3. The molecule has 1 fully saturated rings. The number of aromatic nitrogens is 3. The van der Waals surface area contributed by atoms with Crippen LogP contribution in [0.1, 0.15) is 51.8 Å². The molecule has 144 valence electrons. The van der Waals surface area contributed by atoms with Gasteiger partial charge < -0.3 is 4.90 Å². The highest BCUT2D eigenvalue weighted by atomic mass is 16.2. The van der Waals surface area contributed by atoms with Gasteiger partial charge in [0.2, 0.25) is 0 Å². The van der Waals surface area contributed by atoms with E-state index in [-0.39, 0.29) is 11.8 Å². The maximum Gasteiger partial charge on any atom is 0.274 e. The first kappa shape index (κ1) is 18.4. The molecular weight excluding hydrogens is 348 g/mol. The molecule has 5 heteroatoms. The van der Waals surface area contributed by atoms with Crippen molar-refractivity contribution in [1.82, 2.24) is 19.7 Å². The molecule has 3 heterocycles. The van der Waals surface area contributed by atoms with Crippen molar-refractivity contribution in [2.75, 3.05) is 13.1 Å². The average molecular weight is 374 g/mol. The summed E-state index contributed by atoms with van der Waals surface area (Å²) in [5, 5.41) is 4.26. The van der Waals surface area contributed by atoms with Crippen molar-refractivity contribution in [3.8, 4) is 0 Å². The van der Waals surface area contributed by atoms with Crippen molar-refractivity contribution < 1.29 is 4.79 Å². The largest absolute Gasteiger partial charge is 0.337 e. The summed E-state index contributed by atoms with van der Waals surface area (Å²) >= 11 is 0. The van der Waals surface area contributed by atoms with Gasteiger partial charge in [-0.1, -0.05) is 35.9 Å². The third-order valence-corrected chi connectivity index (χ3v) is 5.36. The van der Waals surface area contributed by atoms with Crippen LogP contribution in [0.4, 0.5) is 0 Å². The number of aryl methyl sites for hydroxylation is 2. The summed E-state index contributed by atoms with van der Waals surface area (Å²) in [4.78, 5) is 19.6. The van der Waals surface area contributed by atoms with E-state index in [4.69, 9.17) is 4.98 Å². The van der Waals surface area contributed by atoms with E-state index in [9.17, 15) is 4.79 Å². The van der Waals surface area contributed by atoms with Gasteiger partial charge in [-0.25, -0.2) is 0 Å². The Kier molecular flexibility index (Phi) is 5.24. The van der Waals surface area contributed by atoms with E-state index in [1.807, 2.05) is 18.1 Å². The number of hydrogen-bond donors (Lipinski definition) is 0. The first-order chi connectivity index (χ1) is 13.6. The van der Waals surface area contributed by atoms with Gasteiger partial charge in [0.05, 0.1) is 0 Å². The fourth-order valence-corrected chi connectivity index (χ4v) is 3.95. The lowest BCUT2D eigenvalue weighted by Gasteiger charge is -2.32. The third kappa shape index (κ3) is 4.14. The summed E-state index contributed by atoms with van der Waals surface area (Å²) in [6.07, 6.45) is 4.70. The zero-order valence-electron chi connectivity index (χ0n) is 16.5. The molecule has 0 saturated carbocycles. The topological polar surface area (TPSA) is 51.0 Å². The molecule has 5 nitrogen and oxygen atoms in total. The number of rotatable bonds is 4. The van der Waals surface area contributed by atoms with Crippen LogP contribution >= 0.6 is 0 Å². The lowest BCUT2D eigenvalue weighted by Crippen LogP contribution is -2.39. The molecule has 4 rings (SSSR count). The first-order valence-electron chi connectivity index (χ1n) is 9.89. The van der Waals surface area contributed by atoms with E-state index < -0.39 is 0 Å². The fourth-order valence-electron chi connectivity index (χ4n) is 3.95. The fraction of sp³-hybridized carbons (Fsp3) is 0.348. The Balaban J connectivity index is 1.48. The van der Waals surface area contributed by atoms with Gasteiger partial charge in [-0.15, -0.1) is 0 Å². The van der Waals surface area contributed by atoms with Crippen molar-refractivity contribution >= 4 is 5.91 Å². The highest BCUT2D eigenvalue weighted by Crippen LogP contribution is 2.27. The summed E-state index contributed by atoms with van der Waals surface area (Å²) in [7, 11) is 1.83. The van der Waals surface area contributed by atoms with Gasteiger partial charge in [-0.3, -0.25) is 14.5 Å². The molecule has 3 aromatic rings. The normalized spacial score (nSPS) is 16.9. The molecule has 0 N–H and O–H groups in total. The van der Waals surface area contributed by atoms with Gasteiger partial charge in [0.25, 0.3) is 5.91 Å². The van der Waals surface area contributed by atoms with Gasteiger partial charge in [-0.2, -0.15) is 5.10 Å². The van der Waals surface area contributed by atoms with Crippen LogP contribution in [-0.4, -0.2) is 38.7 Å². The Morgan fingerprint density at radius 2 is 2.04 bits per heavy atom. The summed E-state index contributed by atoms with van der Waals surface area (Å²) < 4.78 is 1.67. The second-order valence-corrected chi connectivity index (χ2v) is 7.68. The molecule has 1 aliphatic heterocycles. The lowest BCUT2D eigenvalue weighted by molar-refractivity contribution is 0.0699. The molecule has 1 atom stereocenters. The minimum Gasteiger partial charge on any atom is -0.337 e. The highest BCUT2D eigenvalue weighted by Gasteiger charge is 2.27. The van der Waals surface area contributed by atoms with E-state index in [1.54, 1.807) is 10.7 Å². The van der Waals surface area contributed by atoms with Gasteiger partial charge in [0, 0.05) is 50.1 Å². The number of carbonyl (C=O) groups excluding carboxylic acids is 1. The Morgan fingerprint density at radius 3 is 2.82 bits per heavy atom. The molecule has 1 amide bonds. The number of carbonyl (C=O) groups is 1. The second-order valence-electron chi connectivity index (χ2n) is 7.68. The van der Waals surface area contributed by atoms with Crippen molar-refractivity contribution in [1.29, 1.82) is 0 Å². The number of nitrogens with zero attached hydrogens (tertiary/aromatic N) is 4. The molecule has 0 aliphatic carbocycles. The Morgan fingerprint density at radius 1 is 1.18 bits per heavy atom. The molecule has 0 unspecified atom stereocenters. The number of pyridine rings is 1. The molecule has 2 aromatic heterocycles. The van der Waals surface area contributed by atoms with Crippen LogP contribution < -0.4 is 0 Å². The van der Waals surface area contributed by atoms with Crippen LogP contribution in [0.3, 0.4) is 0 Å². The van der Waals surface area contributed by atoms with E-state index in [0.29, 0.717) is 12.2 Å². The first-order valence-corrected chi connectivity index (χ1v) is 9.89. The highest BCUT2D eigenvalue weighted by molar-refractivity contribution is 5.92. The van der Waals surface area contributed by atoms with Gasteiger partial charge in [-0.05, 0) is 43.5 Å². The Bertz CT molecular complexity index is 978. The van der Waals surface area contributed by atoms with E-state index >= 15 is 0 Å². The molecule has 0 radical (unpaired) electrons. The van der Waals surface area contributed by atoms with Crippen molar-refractivity contribution in [3.63, 3.8) is 0 Å². The van der Waals surface area contributed by atoms with Crippen LogP contribution in [0.2, 0.25) is 0 Å². The zero-order chi connectivity index (χ0) is 19.5.